The highest BCUT2D eigenvalue weighted by Gasteiger charge is 2.29. The summed E-state index contributed by atoms with van der Waals surface area (Å²) in [6, 6.07) is 3.03. The van der Waals surface area contributed by atoms with Gasteiger partial charge in [-0.25, -0.2) is 0 Å². The van der Waals surface area contributed by atoms with Gasteiger partial charge >= 0.3 is 5.97 Å². The van der Waals surface area contributed by atoms with Crippen molar-refractivity contribution in [2.75, 3.05) is 20.2 Å². The number of carbonyl (C=O) groups excluding carboxylic acids is 1. The van der Waals surface area contributed by atoms with Crippen LogP contribution < -0.4 is 4.74 Å². The van der Waals surface area contributed by atoms with Crippen LogP contribution in [-0.2, 0) is 4.79 Å². The van der Waals surface area contributed by atoms with Crippen molar-refractivity contribution in [1.82, 2.24) is 4.90 Å². The van der Waals surface area contributed by atoms with E-state index in [4.69, 9.17) is 33.0 Å². The zero-order chi connectivity index (χ0) is 15.6. The van der Waals surface area contributed by atoms with Crippen LogP contribution in [-0.4, -0.2) is 42.1 Å². The van der Waals surface area contributed by atoms with Crippen LogP contribution in [0.5, 0.6) is 5.75 Å². The summed E-state index contributed by atoms with van der Waals surface area (Å²) in [4.78, 5) is 24.7. The Kier molecular flexibility index (Phi) is 4.96. The number of benzene rings is 1. The fraction of sp³-hybridized carbons (Fsp3) is 0.429. The van der Waals surface area contributed by atoms with Crippen LogP contribution in [0.2, 0.25) is 10.0 Å². The van der Waals surface area contributed by atoms with Crippen molar-refractivity contribution in [1.29, 1.82) is 0 Å². The Morgan fingerprint density at radius 1 is 1.38 bits per heavy atom. The summed E-state index contributed by atoms with van der Waals surface area (Å²) in [5, 5.41) is 9.34. The summed E-state index contributed by atoms with van der Waals surface area (Å²) in [6.07, 6.45) is 0.767. The van der Waals surface area contributed by atoms with E-state index < -0.39 is 5.97 Å². The number of hydrogen-bond acceptors (Lipinski definition) is 3. The van der Waals surface area contributed by atoms with Crippen molar-refractivity contribution in [3.05, 3.63) is 27.7 Å². The summed E-state index contributed by atoms with van der Waals surface area (Å²) in [5.41, 5.74) is 0.377. The number of ether oxygens (including phenoxy) is 1. The number of likely N-dealkylation sites (tertiary alicyclic amines) is 1. The van der Waals surface area contributed by atoms with E-state index in [1.165, 1.54) is 19.2 Å². The SMILES string of the molecule is COc1c(Cl)cc(C(=O)N2CCC(CC(=O)O)C2)cc1Cl. The average Bonchev–Trinajstić information content (AvgIpc) is 2.85. The highest BCUT2D eigenvalue weighted by atomic mass is 35.5. The zero-order valence-electron chi connectivity index (χ0n) is 11.4. The first-order valence-corrected chi connectivity index (χ1v) is 7.22. The maximum atomic E-state index is 12.4. The first-order valence-electron chi connectivity index (χ1n) is 6.46. The standard InChI is InChI=1S/C14H15Cl2NO4/c1-21-13-10(15)5-9(6-11(13)16)14(20)17-3-2-8(7-17)4-12(18)19/h5-6,8H,2-4,7H2,1H3,(H,18,19). The number of hydrogen-bond donors (Lipinski definition) is 1. The molecule has 1 aromatic rings. The number of methoxy groups -OCH3 is 1. The lowest BCUT2D eigenvalue weighted by atomic mass is 10.1. The quantitative estimate of drug-likeness (QED) is 0.921. The lowest BCUT2D eigenvalue weighted by Crippen LogP contribution is -2.29. The second-order valence-corrected chi connectivity index (χ2v) is 5.79. The van der Waals surface area contributed by atoms with Gasteiger partial charge in [-0.15, -0.1) is 0 Å². The molecule has 0 bridgehead atoms. The molecule has 0 saturated carbocycles. The van der Waals surface area contributed by atoms with E-state index in [1.807, 2.05) is 0 Å². The van der Waals surface area contributed by atoms with E-state index in [0.29, 0.717) is 30.8 Å². The summed E-state index contributed by atoms with van der Waals surface area (Å²) >= 11 is 12.1. The van der Waals surface area contributed by atoms with Gasteiger partial charge in [-0.3, -0.25) is 9.59 Å². The van der Waals surface area contributed by atoms with Crippen LogP contribution in [0.1, 0.15) is 23.2 Å². The minimum Gasteiger partial charge on any atom is -0.494 e. The molecular weight excluding hydrogens is 317 g/mol. The molecule has 1 unspecified atom stereocenters. The minimum absolute atomic E-state index is 0.00403. The summed E-state index contributed by atoms with van der Waals surface area (Å²) < 4.78 is 5.04. The van der Waals surface area contributed by atoms with Crippen LogP contribution >= 0.6 is 23.2 Å². The molecule has 1 heterocycles. The van der Waals surface area contributed by atoms with Crippen molar-refractivity contribution >= 4 is 35.1 Å². The van der Waals surface area contributed by atoms with Gasteiger partial charge in [0, 0.05) is 25.1 Å². The van der Waals surface area contributed by atoms with Crippen LogP contribution in [0.15, 0.2) is 12.1 Å². The van der Waals surface area contributed by atoms with E-state index in [0.717, 1.165) is 0 Å². The third-order valence-electron chi connectivity index (χ3n) is 3.49. The molecule has 1 aliphatic rings. The van der Waals surface area contributed by atoms with Gasteiger partial charge in [-0.05, 0) is 24.5 Å². The fourth-order valence-electron chi connectivity index (χ4n) is 2.49. The number of carbonyl (C=O) groups is 2. The molecular formula is C14H15Cl2NO4. The molecule has 0 aliphatic carbocycles. The molecule has 1 saturated heterocycles. The van der Waals surface area contributed by atoms with Gasteiger partial charge in [0.1, 0.15) is 0 Å². The predicted octanol–water partition coefficient (Wildman–Crippen LogP) is 2.94. The normalized spacial score (nSPS) is 17.9. The largest absolute Gasteiger partial charge is 0.494 e. The summed E-state index contributed by atoms with van der Waals surface area (Å²) in [7, 11) is 1.45. The predicted molar refractivity (Wildman–Crippen MR) is 79.3 cm³/mol. The molecule has 0 spiro atoms. The lowest BCUT2D eigenvalue weighted by molar-refractivity contribution is -0.138. The van der Waals surface area contributed by atoms with Crippen molar-refractivity contribution in [2.24, 2.45) is 5.92 Å². The Labute approximate surface area is 132 Å². The van der Waals surface area contributed by atoms with E-state index in [2.05, 4.69) is 0 Å². The molecule has 1 N–H and O–H groups in total. The Balaban J connectivity index is 2.13. The van der Waals surface area contributed by atoms with Crippen LogP contribution in [0.25, 0.3) is 0 Å². The van der Waals surface area contributed by atoms with Crippen LogP contribution in [0, 0.1) is 5.92 Å². The molecule has 1 aliphatic heterocycles. The van der Waals surface area contributed by atoms with Crippen molar-refractivity contribution in [3.8, 4) is 5.75 Å². The number of rotatable bonds is 4. The molecule has 7 heteroatoms. The number of amides is 1. The number of carboxylic acid groups (broad SMARTS) is 1. The Bertz CT molecular complexity index is 553. The monoisotopic (exact) mass is 331 g/mol. The molecule has 21 heavy (non-hydrogen) atoms. The highest BCUT2D eigenvalue weighted by molar-refractivity contribution is 6.37. The van der Waals surface area contributed by atoms with E-state index >= 15 is 0 Å². The Hall–Kier alpha value is -1.46. The van der Waals surface area contributed by atoms with Gasteiger partial charge in [-0.2, -0.15) is 0 Å². The number of aliphatic carboxylic acids is 1. The second-order valence-electron chi connectivity index (χ2n) is 4.98. The molecule has 1 atom stereocenters. The molecule has 0 radical (unpaired) electrons. The molecule has 1 aromatic carbocycles. The van der Waals surface area contributed by atoms with Gasteiger partial charge in [0.15, 0.2) is 5.75 Å². The molecule has 0 aromatic heterocycles. The van der Waals surface area contributed by atoms with Gasteiger partial charge in [0.25, 0.3) is 5.91 Å². The maximum absolute atomic E-state index is 12.4. The van der Waals surface area contributed by atoms with Crippen molar-refractivity contribution in [3.63, 3.8) is 0 Å². The zero-order valence-corrected chi connectivity index (χ0v) is 12.9. The lowest BCUT2D eigenvalue weighted by Gasteiger charge is -2.17. The van der Waals surface area contributed by atoms with E-state index in [9.17, 15) is 9.59 Å². The summed E-state index contributed by atoms with van der Waals surface area (Å²) in [6.45, 7) is 0.977. The summed E-state index contributed by atoms with van der Waals surface area (Å²) in [5.74, 6) is -0.713. The number of halogens is 2. The molecule has 1 fully saturated rings. The van der Waals surface area contributed by atoms with Gasteiger partial charge in [0.05, 0.1) is 17.2 Å². The number of carboxylic acids is 1. The van der Waals surface area contributed by atoms with Crippen LogP contribution in [0.4, 0.5) is 0 Å². The van der Waals surface area contributed by atoms with Crippen molar-refractivity contribution in [2.45, 2.75) is 12.8 Å². The van der Waals surface area contributed by atoms with Gasteiger partial charge in [0.2, 0.25) is 0 Å². The smallest absolute Gasteiger partial charge is 0.303 e. The molecule has 2 rings (SSSR count). The first-order chi connectivity index (χ1) is 9.92. The third kappa shape index (κ3) is 3.60. The Morgan fingerprint density at radius 2 is 2.00 bits per heavy atom. The van der Waals surface area contributed by atoms with Gasteiger partial charge < -0.3 is 14.7 Å². The van der Waals surface area contributed by atoms with Gasteiger partial charge in [-0.1, -0.05) is 23.2 Å². The van der Waals surface area contributed by atoms with Crippen molar-refractivity contribution < 1.29 is 19.4 Å². The third-order valence-corrected chi connectivity index (χ3v) is 4.05. The number of nitrogens with zero attached hydrogens (tertiary/aromatic N) is 1. The second kappa shape index (κ2) is 6.54. The molecule has 114 valence electrons. The molecule has 1 amide bonds. The topological polar surface area (TPSA) is 66.8 Å². The minimum atomic E-state index is -0.843. The maximum Gasteiger partial charge on any atom is 0.303 e. The van der Waals surface area contributed by atoms with E-state index in [1.54, 1.807) is 4.90 Å². The molecule has 5 nitrogen and oxygen atoms in total. The average molecular weight is 332 g/mol. The highest BCUT2D eigenvalue weighted by Crippen LogP contribution is 2.34. The van der Waals surface area contributed by atoms with E-state index in [-0.39, 0.29) is 28.3 Å². The first kappa shape index (κ1) is 15.9. The fourth-order valence-corrected chi connectivity index (χ4v) is 3.13. The van der Waals surface area contributed by atoms with Crippen LogP contribution in [0.3, 0.4) is 0 Å². The Morgan fingerprint density at radius 3 is 2.52 bits per heavy atom.